The summed E-state index contributed by atoms with van der Waals surface area (Å²) in [7, 11) is 0. The van der Waals surface area contributed by atoms with Crippen molar-refractivity contribution >= 4 is 11.8 Å². The zero-order valence-electron chi connectivity index (χ0n) is 13.4. The highest BCUT2D eigenvalue weighted by Gasteiger charge is 2.21. The summed E-state index contributed by atoms with van der Waals surface area (Å²) < 4.78 is 15.9. The summed E-state index contributed by atoms with van der Waals surface area (Å²) in [6.45, 7) is 3.13. The first-order valence-electron chi connectivity index (χ1n) is 7.84. The number of carbonyl (C=O) groups is 2. The third-order valence-corrected chi connectivity index (χ3v) is 3.73. The Labute approximate surface area is 140 Å². The fourth-order valence-electron chi connectivity index (χ4n) is 2.57. The molecule has 0 amide bonds. The Hall–Kier alpha value is -2.50. The van der Waals surface area contributed by atoms with Crippen molar-refractivity contribution < 1.29 is 23.8 Å². The second-order valence-corrected chi connectivity index (χ2v) is 5.29. The molecule has 1 aliphatic heterocycles. The summed E-state index contributed by atoms with van der Waals surface area (Å²) >= 11 is 0. The molecule has 2 aromatic carbocycles. The summed E-state index contributed by atoms with van der Waals surface area (Å²) in [5, 5.41) is 0. The predicted octanol–water partition coefficient (Wildman–Crippen LogP) is 3.14. The van der Waals surface area contributed by atoms with Crippen molar-refractivity contribution in [1.29, 1.82) is 0 Å². The standard InChI is InChI=1S/C19H18O5/c1-2-22-18(21)16-6-4-3-5-15(16)17(20)13-7-9-14(10-8-13)19-23-11-12-24-19/h3-10,19H,2,11-12H2,1H3. The molecule has 1 aliphatic rings. The van der Waals surface area contributed by atoms with Gasteiger partial charge in [-0.3, -0.25) is 4.79 Å². The fraction of sp³-hybridized carbons (Fsp3) is 0.263. The first kappa shape index (κ1) is 16.4. The van der Waals surface area contributed by atoms with E-state index in [1.54, 1.807) is 55.5 Å². The van der Waals surface area contributed by atoms with Crippen molar-refractivity contribution in [2.75, 3.05) is 19.8 Å². The molecule has 0 bridgehead atoms. The molecular formula is C19H18O5. The highest BCUT2D eigenvalue weighted by Crippen LogP contribution is 2.24. The van der Waals surface area contributed by atoms with Gasteiger partial charge < -0.3 is 14.2 Å². The summed E-state index contributed by atoms with van der Waals surface area (Å²) in [5.74, 6) is -0.718. The summed E-state index contributed by atoms with van der Waals surface area (Å²) in [6, 6.07) is 13.7. The number of hydrogen-bond acceptors (Lipinski definition) is 5. The van der Waals surface area contributed by atoms with Crippen LogP contribution in [-0.4, -0.2) is 31.6 Å². The van der Waals surface area contributed by atoms with Gasteiger partial charge in [-0.1, -0.05) is 42.5 Å². The topological polar surface area (TPSA) is 61.8 Å². The monoisotopic (exact) mass is 326 g/mol. The van der Waals surface area contributed by atoms with Crippen molar-refractivity contribution in [2.45, 2.75) is 13.2 Å². The molecule has 24 heavy (non-hydrogen) atoms. The van der Waals surface area contributed by atoms with Gasteiger partial charge in [0.15, 0.2) is 12.1 Å². The van der Waals surface area contributed by atoms with E-state index in [-0.39, 0.29) is 24.2 Å². The highest BCUT2D eigenvalue weighted by atomic mass is 16.7. The molecule has 1 heterocycles. The van der Waals surface area contributed by atoms with Crippen molar-refractivity contribution in [2.24, 2.45) is 0 Å². The molecule has 3 rings (SSSR count). The van der Waals surface area contributed by atoms with Gasteiger partial charge in [0.2, 0.25) is 0 Å². The minimum Gasteiger partial charge on any atom is -0.462 e. The average molecular weight is 326 g/mol. The van der Waals surface area contributed by atoms with E-state index in [2.05, 4.69) is 0 Å². The molecule has 0 aliphatic carbocycles. The largest absolute Gasteiger partial charge is 0.462 e. The molecule has 0 radical (unpaired) electrons. The molecule has 124 valence electrons. The second-order valence-electron chi connectivity index (χ2n) is 5.29. The summed E-state index contributed by atoms with van der Waals surface area (Å²) in [6.07, 6.45) is -0.374. The lowest BCUT2D eigenvalue weighted by atomic mass is 9.97. The quantitative estimate of drug-likeness (QED) is 0.624. The van der Waals surface area contributed by atoms with Crippen molar-refractivity contribution in [3.05, 3.63) is 70.8 Å². The number of ether oxygens (including phenoxy) is 3. The zero-order valence-corrected chi connectivity index (χ0v) is 13.4. The number of rotatable bonds is 5. The van der Waals surface area contributed by atoms with Gasteiger partial charge in [0, 0.05) is 16.7 Å². The predicted molar refractivity (Wildman–Crippen MR) is 86.9 cm³/mol. The molecule has 0 N–H and O–H groups in total. The van der Waals surface area contributed by atoms with Crippen LogP contribution in [0.3, 0.4) is 0 Å². The van der Waals surface area contributed by atoms with Gasteiger partial charge in [-0.25, -0.2) is 4.79 Å². The third-order valence-electron chi connectivity index (χ3n) is 3.73. The summed E-state index contributed by atoms with van der Waals surface area (Å²) in [5.41, 5.74) is 1.96. The smallest absolute Gasteiger partial charge is 0.338 e. The summed E-state index contributed by atoms with van der Waals surface area (Å²) in [4.78, 5) is 24.8. The zero-order chi connectivity index (χ0) is 16.9. The molecule has 0 spiro atoms. The molecule has 5 heteroatoms. The Bertz CT molecular complexity index is 730. The van der Waals surface area contributed by atoms with Gasteiger partial charge >= 0.3 is 5.97 Å². The van der Waals surface area contributed by atoms with E-state index in [9.17, 15) is 9.59 Å². The Morgan fingerprint density at radius 1 is 1.00 bits per heavy atom. The van der Waals surface area contributed by atoms with Crippen LogP contribution in [0.5, 0.6) is 0 Å². The SMILES string of the molecule is CCOC(=O)c1ccccc1C(=O)c1ccc(C2OCCO2)cc1. The van der Waals surface area contributed by atoms with E-state index in [1.807, 2.05) is 0 Å². The highest BCUT2D eigenvalue weighted by molar-refractivity contribution is 6.14. The van der Waals surface area contributed by atoms with Crippen LogP contribution in [0.2, 0.25) is 0 Å². The van der Waals surface area contributed by atoms with Gasteiger partial charge in [0.25, 0.3) is 0 Å². The molecule has 0 atom stereocenters. The van der Waals surface area contributed by atoms with Crippen LogP contribution < -0.4 is 0 Å². The fourth-order valence-corrected chi connectivity index (χ4v) is 2.57. The number of esters is 1. The van der Waals surface area contributed by atoms with Crippen LogP contribution in [0, 0.1) is 0 Å². The minimum absolute atomic E-state index is 0.224. The van der Waals surface area contributed by atoms with Crippen molar-refractivity contribution in [3.63, 3.8) is 0 Å². The molecule has 5 nitrogen and oxygen atoms in total. The van der Waals surface area contributed by atoms with Gasteiger partial charge in [-0.05, 0) is 13.0 Å². The molecule has 0 aromatic heterocycles. The van der Waals surface area contributed by atoms with E-state index in [0.717, 1.165) is 5.56 Å². The Balaban J connectivity index is 1.85. The lowest BCUT2D eigenvalue weighted by Crippen LogP contribution is -2.12. The van der Waals surface area contributed by atoms with Crippen LogP contribution >= 0.6 is 0 Å². The number of hydrogen-bond donors (Lipinski definition) is 0. The van der Waals surface area contributed by atoms with E-state index in [1.165, 1.54) is 0 Å². The minimum atomic E-state index is -0.495. The first-order chi connectivity index (χ1) is 11.7. The van der Waals surface area contributed by atoms with E-state index >= 15 is 0 Å². The second kappa shape index (κ2) is 7.38. The maximum atomic E-state index is 12.7. The third kappa shape index (κ3) is 3.37. The normalized spacial score (nSPS) is 14.5. The number of ketones is 1. The molecule has 0 saturated carbocycles. The van der Waals surface area contributed by atoms with E-state index < -0.39 is 5.97 Å². The average Bonchev–Trinajstić information content (AvgIpc) is 3.16. The van der Waals surface area contributed by atoms with Crippen LogP contribution in [0.4, 0.5) is 0 Å². The van der Waals surface area contributed by atoms with Gasteiger partial charge in [0.1, 0.15) is 0 Å². The lowest BCUT2D eigenvalue weighted by molar-refractivity contribution is -0.0441. The van der Waals surface area contributed by atoms with E-state index in [4.69, 9.17) is 14.2 Å². The van der Waals surface area contributed by atoms with Crippen LogP contribution in [0.1, 0.15) is 45.1 Å². The first-order valence-corrected chi connectivity index (χ1v) is 7.84. The molecule has 1 saturated heterocycles. The van der Waals surface area contributed by atoms with Gasteiger partial charge in [0.05, 0.1) is 25.4 Å². The van der Waals surface area contributed by atoms with Crippen LogP contribution in [-0.2, 0) is 14.2 Å². The van der Waals surface area contributed by atoms with Crippen LogP contribution in [0.15, 0.2) is 48.5 Å². The molecule has 2 aromatic rings. The van der Waals surface area contributed by atoms with Crippen LogP contribution in [0.25, 0.3) is 0 Å². The van der Waals surface area contributed by atoms with Gasteiger partial charge in [-0.2, -0.15) is 0 Å². The Morgan fingerprint density at radius 2 is 1.62 bits per heavy atom. The number of benzene rings is 2. The molecule has 1 fully saturated rings. The lowest BCUT2D eigenvalue weighted by Gasteiger charge is -2.11. The molecular weight excluding hydrogens is 308 g/mol. The number of carbonyl (C=O) groups excluding carboxylic acids is 2. The van der Waals surface area contributed by atoms with Gasteiger partial charge in [-0.15, -0.1) is 0 Å². The Morgan fingerprint density at radius 3 is 2.25 bits per heavy atom. The Kier molecular flexibility index (Phi) is 5.03. The molecule has 0 unspecified atom stereocenters. The maximum absolute atomic E-state index is 12.7. The van der Waals surface area contributed by atoms with Crippen molar-refractivity contribution in [1.82, 2.24) is 0 Å². The van der Waals surface area contributed by atoms with Crippen molar-refractivity contribution in [3.8, 4) is 0 Å². The van der Waals surface area contributed by atoms with E-state index in [0.29, 0.717) is 24.3 Å². The maximum Gasteiger partial charge on any atom is 0.338 e.